The third kappa shape index (κ3) is 3.78. The molecule has 1 aromatic carbocycles. The lowest BCUT2D eigenvalue weighted by Crippen LogP contribution is -2.22. The van der Waals surface area contributed by atoms with Crippen LogP contribution in [0.5, 0.6) is 0 Å². The van der Waals surface area contributed by atoms with Gasteiger partial charge in [0, 0.05) is 23.7 Å². The zero-order valence-electron chi connectivity index (χ0n) is 13.5. The van der Waals surface area contributed by atoms with Crippen LogP contribution in [0.2, 0.25) is 0 Å². The molecule has 0 aliphatic carbocycles. The number of nitrogens with zero attached hydrogens (tertiary/aromatic N) is 2. The van der Waals surface area contributed by atoms with Gasteiger partial charge in [-0.25, -0.2) is 5.43 Å². The van der Waals surface area contributed by atoms with Crippen LogP contribution in [0.1, 0.15) is 24.0 Å². The van der Waals surface area contributed by atoms with Gasteiger partial charge in [-0.2, -0.15) is 5.10 Å². The van der Waals surface area contributed by atoms with Gasteiger partial charge in [0.2, 0.25) is 0 Å². The first-order valence-electron chi connectivity index (χ1n) is 7.59. The fraction of sp³-hybridized carbons (Fsp3) is 0.111. The first-order chi connectivity index (χ1) is 12.1. The van der Waals surface area contributed by atoms with Crippen molar-refractivity contribution in [3.63, 3.8) is 0 Å². The molecule has 25 heavy (non-hydrogen) atoms. The van der Waals surface area contributed by atoms with E-state index in [1.54, 1.807) is 19.3 Å². The number of benzene rings is 1. The Labute approximate surface area is 155 Å². The lowest BCUT2D eigenvalue weighted by atomic mass is 9.97. The van der Waals surface area contributed by atoms with E-state index in [0.29, 0.717) is 20.5 Å². The molecule has 3 N–H and O–H groups in total. The number of nitrogens with one attached hydrogen (secondary N) is 1. The van der Waals surface area contributed by atoms with Gasteiger partial charge in [0.25, 0.3) is 5.91 Å². The second-order valence-electron chi connectivity index (χ2n) is 5.43. The normalized spacial score (nSPS) is 17.7. The standard InChI is InChI=1S/C18H16N4OS2/c1-11(13-8-5-9-20-10-13)21-22-17(23)16-15(19)14(18(24)25-16)12-6-3-2-4-7-12/h2-10,14H,19H2,1H3,(H,22,23)/b21-11+. The number of rotatable bonds is 4. The zero-order chi connectivity index (χ0) is 17.8. The number of amides is 1. The highest BCUT2D eigenvalue weighted by Gasteiger charge is 2.34. The highest BCUT2D eigenvalue weighted by Crippen LogP contribution is 2.41. The van der Waals surface area contributed by atoms with Crippen LogP contribution in [-0.2, 0) is 4.79 Å². The second kappa shape index (κ2) is 7.58. The first kappa shape index (κ1) is 17.3. The van der Waals surface area contributed by atoms with Crippen molar-refractivity contribution in [2.75, 3.05) is 0 Å². The molecule has 0 radical (unpaired) electrons. The molecule has 7 heteroatoms. The van der Waals surface area contributed by atoms with Gasteiger partial charge in [0.15, 0.2) is 0 Å². The van der Waals surface area contributed by atoms with Crippen LogP contribution in [0.4, 0.5) is 0 Å². The second-order valence-corrected chi connectivity index (χ2v) is 7.18. The van der Waals surface area contributed by atoms with Crippen LogP contribution in [-0.4, -0.2) is 20.8 Å². The van der Waals surface area contributed by atoms with Gasteiger partial charge < -0.3 is 5.73 Å². The Morgan fingerprint density at radius 3 is 2.72 bits per heavy atom. The molecular formula is C18H16N4OS2. The largest absolute Gasteiger partial charge is 0.400 e. The molecule has 1 aliphatic rings. The highest BCUT2D eigenvalue weighted by atomic mass is 32.2. The molecule has 5 nitrogen and oxygen atoms in total. The van der Waals surface area contributed by atoms with Crippen molar-refractivity contribution in [2.45, 2.75) is 12.8 Å². The van der Waals surface area contributed by atoms with E-state index in [9.17, 15) is 4.79 Å². The number of hydrogen-bond donors (Lipinski definition) is 2. The van der Waals surface area contributed by atoms with Crippen LogP contribution >= 0.6 is 24.0 Å². The van der Waals surface area contributed by atoms with Crippen LogP contribution in [0.3, 0.4) is 0 Å². The molecule has 1 aliphatic heterocycles. The van der Waals surface area contributed by atoms with E-state index in [2.05, 4.69) is 15.5 Å². The maximum absolute atomic E-state index is 12.5. The topological polar surface area (TPSA) is 80.4 Å². The summed E-state index contributed by atoms with van der Waals surface area (Å²) in [5.41, 5.74) is 11.7. The lowest BCUT2D eigenvalue weighted by Gasteiger charge is -2.11. The average molecular weight is 368 g/mol. The molecule has 2 heterocycles. The summed E-state index contributed by atoms with van der Waals surface area (Å²) in [7, 11) is 0. The fourth-order valence-corrected chi connectivity index (χ4v) is 3.91. The van der Waals surface area contributed by atoms with Gasteiger partial charge in [-0.1, -0.05) is 60.4 Å². The van der Waals surface area contributed by atoms with E-state index in [1.165, 1.54) is 11.8 Å². The molecule has 0 saturated carbocycles. The van der Waals surface area contributed by atoms with E-state index >= 15 is 0 Å². The molecule has 0 saturated heterocycles. The number of allylic oxidation sites excluding steroid dienone is 1. The Bertz CT molecular complexity index is 863. The van der Waals surface area contributed by atoms with Gasteiger partial charge in [0.1, 0.15) is 0 Å². The average Bonchev–Trinajstić information content (AvgIpc) is 2.95. The third-order valence-corrected chi connectivity index (χ3v) is 5.30. The number of carbonyl (C=O) groups is 1. The molecule has 1 aromatic heterocycles. The minimum absolute atomic E-state index is 0.231. The van der Waals surface area contributed by atoms with Crippen molar-refractivity contribution in [1.29, 1.82) is 0 Å². The van der Waals surface area contributed by atoms with Crippen molar-refractivity contribution >= 4 is 39.8 Å². The number of thiocarbonyl (C=S) groups is 1. The fourth-order valence-electron chi connectivity index (χ4n) is 2.44. The maximum Gasteiger partial charge on any atom is 0.279 e. The summed E-state index contributed by atoms with van der Waals surface area (Å²) in [6.07, 6.45) is 3.37. The van der Waals surface area contributed by atoms with E-state index in [0.717, 1.165) is 11.1 Å². The van der Waals surface area contributed by atoms with Gasteiger partial charge in [-0.3, -0.25) is 9.78 Å². The molecule has 1 amide bonds. The molecule has 2 aromatic rings. The molecule has 0 fully saturated rings. The zero-order valence-corrected chi connectivity index (χ0v) is 15.1. The molecular weight excluding hydrogens is 352 g/mol. The number of carbonyl (C=O) groups excluding carboxylic acids is 1. The molecule has 126 valence electrons. The molecule has 3 rings (SSSR count). The Morgan fingerprint density at radius 1 is 1.28 bits per heavy atom. The highest BCUT2D eigenvalue weighted by molar-refractivity contribution is 8.26. The molecule has 0 spiro atoms. The predicted octanol–water partition coefficient (Wildman–Crippen LogP) is 2.95. The third-order valence-electron chi connectivity index (χ3n) is 3.76. The van der Waals surface area contributed by atoms with Crippen molar-refractivity contribution in [3.8, 4) is 0 Å². The number of thioether (sulfide) groups is 1. The summed E-state index contributed by atoms with van der Waals surface area (Å²) < 4.78 is 0.668. The Morgan fingerprint density at radius 2 is 2.04 bits per heavy atom. The Hall–Kier alpha value is -2.51. The van der Waals surface area contributed by atoms with E-state index < -0.39 is 0 Å². The van der Waals surface area contributed by atoms with E-state index in [1.807, 2.05) is 42.5 Å². The number of hydrazone groups is 1. The maximum atomic E-state index is 12.5. The van der Waals surface area contributed by atoms with Crippen molar-refractivity contribution in [3.05, 3.63) is 76.6 Å². The van der Waals surface area contributed by atoms with Gasteiger partial charge in [0.05, 0.1) is 20.7 Å². The van der Waals surface area contributed by atoms with Crippen LogP contribution in [0.15, 0.2) is 70.6 Å². The molecule has 1 atom stereocenters. The summed E-state index contributed by atoms with van der Waals surface area (Å²) in [5, 5.41) is 4.13. The van der Waals surface area contributed by atoms with Crippen molar-refractivity contribution in [2.24, 2.45) is 10.8 Å². The monoisotopic (exact) mass is 368 g/mol. The lowest BCUT2D eigenvalue weighted by molar-refractivity contribution is -0.116. The van der Waals surface area contributed by atoms with Gasteiger partial charge >= 0.3 is 0 Å². The minimum atomic E-state index is -0.355. The number of hydrogen-bond acceptors (Lipinski definition) is 6. The SMILES string of the molecule is C/C(=N\NC(=O)C1=C(N)C(c2ccccc2)C(=S)S1)c1cccnc1. The van der Waals surface area contributed by atoms with Crippen molar-refractivity contribution in [1.82, 2.24) is 10.4 Å². The number of pyridine rings is 1. The van der Waals surface area contributed by atoms with Crippen LogP contribution in [0, 0.1) is 0 Å². The van der Waals surface area contributed by atoms with Crippen LogP contribution in [0.25, 0.3) is 0 Å². The smallest absolute Gasteiger partial charge is 0.279 e. The Kier molecular flexibility index (Phi) is 5.25. The predicted molar refractivity (Wildman–Crippen MR) is 105 cm³/mol. The summed E-state index contributed by atoms with van der Waals surface area (Å²) in [6.45, 7) is 1.80. The summed E-state index contributed by atoms with van der Waals surface area (Å²) in [6, 6.07) is 13.4. The van der Waals surface area contributed by atoms with Crippen LogP contribution < -0.4 is 11.2 Å². The first-order valence-corrected chi connectivity index (χ1v) is 8.81. The van der Waals surface area contributed by atoms with Crippen molar-refractivity contribution < 1.29 is 4.79 Å². The van der Waals surface area contributed by atoms with Gasteiger partial charge in [-0.05, 0) is 18.6 Å². The molecule has 1 unspecified atom stereocenters. The van der Waals surface area contributed by atoms with Gasteiger partial charge in [-0.15, -0.1) is 0 Å². The summed E-state index contributed by atoms with van der Waals surface area (Å²) in [5.74, 6) is -0.586. The minimum Gasteiger partial charge on any atom is -0.400 e. The molecule has 0 bridgehead atoms. The quantitative estimate of drug-likeness (QED) is 0.493. The Balaban J connectivity index is 1.78. The summed E-state index contributed by atoms with van der Waals surface area (Å²) in [4.78, 5) is 16.9. The number of nitrogens with two attached hydrogens (primary N) is 1. The van der Waals surface area contributed by atoms with E-state index in [4.69, 9.17) is 18.0 Å². The van der Waals surface area contributed by atoms with E-state index in [-0.39, 0.29) is 11.8 Å². The summed E-state index contributed by atoms with van der Waals surface area (Å²) >= 11 is 6.65. The number of aromatic nitrogens is 1.